The number of amides is 1. The maximum atomic E-state index is 13.1. The second-order valence-corrected chi connectivity index (χ2v) is 5.11. The molecule has 1 saturated heterocycles. The summed E-state index contributed by atoms with van der Waals surface area (Å²) >= 11 is 0. The second kappa shape index (κ2) is 6.17. The van der Waals surface area contributed by atoms with Crippen LogP contribution in [-0.2, 0) is 4.74 Å². The highest BCUT2D eigenvalue weighted by Crippen LogP contribution is 2.26. The van der Waals surface area contributed by atoms with Gasteiger partial charge in [0.05, 0.1) is 19.3 Å². The third-order valence-corrected chi connectivity index (χ3v) is 3.67. The van der Waals surface area contributed by atoms with Crippen molar-refractivity contribution in [3.63, 3.8) is 0 Å². The van der Waals surface area contributed by atoms with Crippen molar-refractivity contribution in [1.29, 1.82) is 0 Å². The first-order valence-corrected chi connectivity index (χ1v) is 6.99. The number of hydrogen-bond donors (Lipinski definition) is 2. The number of H-pyrrole nitrogens is 1. The first-order chi connectivity index (χ1) is 11.1. The van der Waals surface area contributed by atoms with Gasteiger partial charge in [0.25, 0.3) is 5.91 Å². The fourth-order valence-electron chi connectivity index (χ4n) is 2.50. The molecule has 2 aromatic rings. The molecule has 0 saturated carbocycles. The number of carbonyl (C=O) groups excluding carboxylic acids is 1. The summed E-state index contributed by atoms with van der Waals surface area (Å²) in [7, 11) is 0. The Labute approximate surface area is 130 Å². The highest BCUT2D eigenvalue weighted by Gasteiger charge is 2.31. The molecule has 120 valence electrons. The molecule has 3 rings (SSSR count). The van der Waals surface area contributed by atoms with Gasteiger partial charge >= 0.3 is 5.97 Å². The van der Waals surface area contributed by atoms with Gasteiger partial charge in [0.1, 0.15) is 11.5 Å². The molecule has 1 unspecified atom stereocenters. The van der Waals surface area contributed by atoms with Crippen molar-refractivity contribution < 1.29 is 23.8 Å². The van der Waals surface area contributed by atoms with Gasteiger partial charge in [-0.25, -0.2) is 9.18 Å². The van der Waals surface area contributed by atoms with E-state index in [1.807, 2.05) is 0 Å². The first-order valence-electron chi connectivity index (χ1n) is 6.99. The molecular formula is C15H14FN3O4. The number of nitrogens with one attached hydrogen (secondary N) is 1. The van der Waals surface area contributed by atoms with E-state index in [9.17, 15) is 14.0 Å². The standard InChI is InChI=1S/C15H14FN3O4/c16-10-3-1-9(2-4-10)13-8-23-6-5-19(13)14(20)11-7-12(15(21)22)18-17-11/h1-4,7,13H,5-6,8H2,(H,17,18)(H,21,22). The molecule has 1 atom stereocenters. The molecule has 1 aromatic carbocycles. The summed E-state index contributed by atoms with van der Waals surface area (Å²) in [6, 6.07) is 6.67. The molecule has 1 aliphatic heterocycles. The molecule has 1 aromatic heterocycles. The minimum absolute atomic E-state index is 0.0245. The number of carbonyl (C=O) groups is 2. The van der Waals surface area contributed by atoms with E-state index in [1.165, 1.54) is 18.2 Å². The van der Waals surface area contributed by atoms with Gasteiger partial charge in [-0.2, -0.15) is 5.10 Å². The van der Waals surface area contributed by atoms with Crippen molar-refractivity contribution in [3.05, 3.63) is 53.1 Å². The molecule has 0 spiro atoms. The van der Waals surface area contributed by atoms with Crippen molar-refractivity contribution in [1.82, 2.24) is 15.1 Å². The summed E-state index contributed by atoms with van der Waals surface area (Å²) in [5.41, 5.74) is 0.616. The number of carboxylic acids is 1. The van der Waals surface area contributed by atoms with E-state index in [0.29, 0.717) is 13.2 Å². The van der Waals surface area contributed by atoms with Crippen molar-refractivity contribution in [2.24, 2.45) is 0 Å². The summed E-state index contributed by atoms with van der Waals surface area (Å²) in [6.07, 6.45) is 0. The van der Waals surface area contributed by atoms with Crippen molar-refractivity contribution in [2.45, 2.75) is 6.04 Å². The van der Waals surface area contributed by atoms with Crippen LogP contribution in [0.15, 0.2) is 30.3 Å². The molecule has 0 aliphatic carbocycles. The van der Waals surface area contributed by atoms with Crippen LogP contribution in [-0.4, -0.2) is 51.8 Å². The Balaban J connectivity index is 1.86. The summed E-state index contributed by atoms with van der Waals surface area (Å²) < 4.78 is 18.5. The van der Waals surface area contributed by atoms with Crippen LogP contribution in [0.4, 0.5) is 4.39 Å². The lowest BCUT2D eigenvalue weighted by atomic mass is 10.0. The van der Waals surface area contributed by atoms with E-state index >= 15 is 0 Å². The number of aromatic amines is 1. The zero-order valence-electron chi connectivity index (χ0n) is 12.0. The van der Waals surface area contributed by atoms with E-state index in [4.69, 9.17) is 9.84 Å². The van der Waals surface area contributed by atoms with Gasteiger partial charge in [-0.05, 0) is 17.7 Å². The number of morpholine rings is 1. The number of benzene rings is 1. The number of hydrogen-bond acceptors (Lipinski definition) is 4. The number of aromatic nitrogens is 2. The van der Waals surface area contributed by atoms with Gasteiger partial charge in [-0.1, -0.05) is 12.1 Å². The van der Waals surface area contributed by atoms with Crippen LogP contribution in [0.5, 0.6) is 0 Å². The summed E-state index contributed by atoms with van der Waals surface area (Å²) in [5, 5.41) is 15.0. The monoisotopic (exact) mass is 319 g/mol. The Morgan fingerprint density at radius 2 is 2.09 bits per heavy atom. The minimum atomic E-state index is -1.19. The van der Waals surface area contributed by atoms with Crippen LogP contribution in [0.3, 0.4) is 0 Å². The Bertz CT molecular complexity index is 729. The number of rotatable bonds is 3. The Kier molecular flexibility index (Phi) is 4.07. The average Bonchev–Trinajstić information content (AvgIpc) is 3.05. The van der Waals surface area contributed by atoms with E-state index in [0.717, 1.165) is 5.56 Å². The van der Waals surface area contributed by atoms with Crippen LogP contribution in [0.25, 0.3) is 0 Å². The highest BCUT2D eigenvalue weighted by atomic mass is 19.1. The highest BCUT2D eigenvalue weighted by molar-refractivity contribution is 5.95. The van der Waals surface area contributed by atoms with Crippen molar-refractivity contribution in [2.75, 3.05) is 19.8 Å². The first kappa shape index (κ1) is 15.2. The maximum absolute atomic E-state index is 13.1. The molecule has 0 bridgehead atoms. The van der Waals surface area contributed by atoms with E-state index in [2.05, 4.69) is 10.2 Å². The van der Waals surface area contributed by atoms with E-state index in [-0.39, 0.29) is 29.9 Å². The largest absolute Gasteiger partial charge is 0.477 e. The molecule has 1 aliphatic rings. The Hall–Kier alpha value is -2.74. The van der Waals surface area contributed by atoms with E-state index in [1.54, 1.807) is 17.0 Å². The molecule has 2 heterocycles. The van der Waals surface area contributed by atoms with Crippen LogP contribution in [0.2, 0.25) is 0 Å². The third-order valence-electron chi connectivity index (χ3n) is 3.67. The number of halogens is 1. The number of ether oxygens (including phenoxy) is 1. The lowest BCUT2D eigenvalue weighted by Gasteiger charge is -2.35. The zero-order chi connectivity index (χ0) is 16.4. The van der Waals surface area contributed by atoms with Gasteiger partial charge < -0.3 is 14.7 Å². The van der Waals surface area contributed by atoms with Gasteiger partial charge in [-0.15, -0.1) is 0 Å². The fraction of sp³-hybridized carbons (Fsp3) is 0.267. The van der Waals surface area contributed by atoms with Crippen LogP contribution < -0.4 is 0 Å². The Morgan fingerprint density at radius 1 is 1.35 bits per heavy atom. The average molecular weight is 319 g/mol. The number of aromatic carboxylic acids is 1. The summed E-state index contributed by atoms with van der Waals surface area (Å²) in [6.45, 7) is 1.00. The van der Waals surface area contributed by atoms with Gasteiger partial charge in [0, 0.05) is 12.6 Å². The number of nitrogens with zero attached hydrogens (tertiary/aromatic N) is 2. The van der Waals surface area contributed by atoms with Crippen LogP contribution >= 0.6 is 0 Å². The molecule has 0 radical (unpaired) electrons. The topological polar surface area (TPSA) is 95.5 Å². The second-order valence-electron chi connectivity index (χ2n) is 5.11. The maximum Gasteiger partial charge on any atom is 0.353 e. The molecule has 1 fully saturated rings. The lowest BCUT2D eigenvalue weighted by molar-refractivity contribution is -0.00302. The van der Waals surface area contributed by atoms with Gasteiger partial charge in [-0.3, -0.25) is 9.89 Å². The quantitative estimate of drug-likeness (QED) is 0.893. The fourth-order valence-corrected chi connectivity index (χ4v) is 2.50. The third kappa shape index (κ3) is 3.07. The van der Waals surface area contributed by atoms with Gasteiger partial charge in [0.2, 0.25) is 0 Å². The summed E-state index contributed by atoms with van der Waals surface area (Å²) in [5.74, 6) is -1.94. The predicted octanol–water partition coefficient (Wildman–Crippen LogP) is 1.46. The SMILES string of the molecule is O=C(O)c1cc(C(=O)N2CCOCC2c2ccc(F)cc2)n[nH]1. The number of carboxylic acid groups (broad SMARTS) is 1. The minimum Gasteiger partial charge on any atom is -0.477 e. The van der Waals surface area contributed by atoms with Crippen LogP contribution in [0.1, 0.15) is 32.6 Å². The summed E-state index contributed by atoms with van der Waals surface area (Å²) in [4.78, 5) is 25.0. The van der Waals surface area contributed by atoms with Crippen LogP contribution in [0, 0.1) is 5.82 Å². The lowest BCUT2D eigenvalue weighted by Crippen LogP contribution is -2.43. The molecule has 2 N–H and O–H groups in total. The molecular weight excluding hydrogens is 305 g/mol. The molecule has 1 amide bonds. The van der Waals surface area contributed by atoms with E-state index < -0.39 is 11.9 Å². The smallest absolute Gasteiger partial charge is 0.353 e. The van der Waals surface area contributed by atoms with Crippen molar-refractivity contribution >= 4 is 11.9 Å². The van der Waals surface area contributed by atoms with Crippen molar-refractivity contribution in [3.8, 4) is 0 Å². The molecule has 23 heavy (non-hydrogen) atoms. The molecule has 7 nitrogen and oxygen atoms in total. The predicted molar refractivity (Wildman–Crippen MR) is 76.5 cm³/mol. The zero-order valence-corrected chi connectivity index (χ0v) is 12.0. The van der Waals surface area contributed by atoms with Gasteiger partial charge in [0.15, 0.2) is 5.69 Å². The Morgan fingerprint density at radius 3 is 2.74 bits per heavy atom. The molecule has 8 heteroatoms. The normalized spacial score (nSPS) is 18.0.